The zero-order valence-electron chi connectivity index (χ0n) is 11.5. The monoisotopic (exact) mass is 270 g/mol. The van der Waals surface area contributed by atoms with Crippen LogP contribution in [0.5, 0.6) is 0 Å². The Labute approximate surface area is 117 Å². The molecule has 1 aromatic heterocycles. The lowest BCUT2D eigenvalue weighted by Crippen LogP contribution is -2.26. The van der Waals surface area contributed by atoms with E-state index in [1.165, 1.54) is 0 Å². The number of H-pyrrole nitrogens is 1. The second-order valence-electron chi connectivity index (χ2n) is 5.50. The number of carbonyl (C=O) groups excluding carboxylic acids is 1. The molecule has 104 valence electrons. The molecule has 4 nitrogen and oxygen atoms in total. The molecule has 1 aromatic carbocycles. The molecule has 0 saturated heterocycles. The molecule has 4 heteroatoms. The molecule has 1 amide bonds. The number of aryl methyl sites for hydroxylation is 2. The fourth-order valence-electron chi connectivity index (χ4n) is 2.39. The molecule has 2 N–H and O–H groups in total. The first-order valence-corrected chi connectivity index (χ1v) is 7.04. The van der Waals surface area contributed by atoms with Gasteiger partial charge in [-0.2, -0.15) is 0 Å². The normalized spacial score (nSPS) is 14.4. The van der Waals surface area contributed by atoms with E-state index in [-0.39, 0.29) is 11.5 Å². The molecule has 0 unspecified atom stereocenters. The van der Waals surface area contributed by atoms with Crippen molar-refractivity contribution in [2.45, 2.75) is 38.6 Å². The van der Waals surface area contributed by atoms with Crippen LogP contribution in [0.15, 0.2) is 29.1 Å². The fraction of sp³-hybridized carbons (Fsp3) is 0.375. The zero-order valence-corrected chi connectivity index (χ0v) is 11.5. The van der Waals surface area contributed by atoms with Gasteiger partial charge in [0, 0.05) is 18.0 Å². The molecular weight excluding hydrogens is 252 g/mol. The molecule has 1 heterocycles. The van der Waals surface area contributed by atoms with Gasteiger partial charge >= 0.3 is 0 Å². The molecule has 1 aliphatic carbocycles. The minimum atomic E-state index is -0.0916. The highest BCUT2D eigenvalue weighted by molar-refractivity contribution is 5.82. The summed E-state index contributed by atoms with van der Waals surface area (Å²) in [7, 11) is 0. The Hall–Kier alpha value is -2.10. The van der Waals surface area contributed by atoms with Crippen LogP contribution in [0, 0.1) is 6.92 Å². The number of aromatic amines is 1. The van der Waals surface area contributed by atoms with E-state index < -0.39 is 0 Å². The van der Waals surface area contributed by atoms with Gasteiger partial charge in [0.15, 0.2) is 0 Å². The molecule has 0 radical (unpaired) electrons. The lowest BCUT2D eigenvalue weighted by Gasteiger charge is -2.06. The molecule has 0 bridgehead atoms. The van der Waals surface area contributed by atoms with E-state index in [4.69, 9.17) is 0 Å². The summed E-state index contributed by atoms with van der Waals surface area (Å²) in [6, 6.07) is 8.19. The summed E-state index contributed by atoms with van der Waals surface area (Å²) >= 11 is 0. The lowest BCUT2D eigenvalue weighted by molar-refractivity contribution is -0.121. The minimum Gasteiger partial charge on any atom is -0.353 e. The standard InChI is InChI=1S/C16H18N2O2/c1-10-3-2-4-11-9-12(16(20)18-15(10)11)5-8-14(19)17-13-6-7-13/h2-4,9,13H,5-8H2,1H3,(H,17,19)(H,18,20). The van der Waals surface area contributed by atoms with E-state index >= 15 is 0 Å². The lowest BCUT2D eigenvalue weighted by atomic mass is 10.1. The van der Waals surface area contributed by atoms with Gasteiger partial charge in [0.2, 0.25) is 5.91 Å². The van der Waals surface area contributed by atoms with Crippen molar-refractivity contribution in [3.05, 3.63) is 45.7 Å². The number of hydrogen-bond donors (Lipinski definition) is 2. The van der Waals surface area contributed by atoms with Gasteiger partial charge in [0.05, 0.1) is 5.52 Å². The van der Waals surface area contributed by atoms with Gasteiger partial charge in [0.25, 0.3) is 5.56 Å². The molecule has 0 aliphatic heterocycles. The summed E-state index contributed by atoms with van der Waals surface area (Å²) in [4.78, 5) is 26.6. The predicted octanol–water partition coefficient (Wildman–Crippen LogP) is 2.05. The molecule has 0 atom stereocenters. The maximum atomic E-state index is 12.0. The zero-order chi connectivity index (χ0) is 14.1. The van der Waals surface area contributed by atoms with Gasteiger partial charge in [-0.3, -0.25) is 9.59 Å². The van der Waals surface area contributed by atoms with E-state index in [2.05, 4.69) is 10.3 Å². The van der Waals surface area contributed by atoms with Crippen LogP contribution in [0.2, 0.25) is 0 Å². The first kappa shape index (κ1) is 12.9. The Morgan fingerprint density at radius 3 is 2.95 bits per heavy atom. The number of rotatable bonds is 4. The first-order chi connectivity index (χ1) is 9.63. The fourth-order valence-corrected chi connectivity index (χ4v) is 2.39. The summed E-state index contributed by atoms with van der Waals surface area (Å²) < 4.78 is 0. The van der Waals surface area contributed by atoms with Crippen molar-refractivity contribution < 1.29 is 4.79 Å². The summed E-state index contributed by atoms with van der Waals surface area (Å²) in [5, 5.41) is 3.95. The topological polar surface area (TPSA) is 62.0 Å². The highest BCUT2D eigenvalue weighted by Crippen LogP contribution is 2.19. The Morgan fingerprint density at radius 2 is 2.20 bits per heavy atom. The van der Waals surface area contributed by atoms with Gasteiger partial charge < -0.3 is 10.3 Å². The van der Waals surface area contributed by atoms with Crippen molar-refractivity contribution in [2.75, 3.05) is 0 Å². The minimum absolute atomic E-state index is 0.0382. The number of fused-ring (bicyclic) bond motifs is 1. The molecule has 1 saturated carbocycles. The Bertz CT molecular complexity index is 714. The van der Waals surface area contributed by atoms with Crippen LogP contribution in [-0.2, 0) is 11.2 Å². The van der Waals surface area contributed by atoms with Crippen molar-refractivity contribution in [1.82, 2.24) is 10.3 Å². The number of aromatic nitrogens is 1. The molecule has 1 fully saturated rings. The van der Waals surface area contributed by atoms with Gasteiger partial charge in [0.1, 0.15) is 0 Å². The van der Waals surface area contributed by atoms with Crippen LogP contribution >= 0.6 is 0 Å². The first-order valence-electron chi connectivity index (χ1n) is 7.04. The maximum absolute atomic E-state index is 12.0. The molecule has 20 heavy (non-hydrogen) atoms. The van der Waals surface area contributed by atoms with Crippen LogP contribution in [0.4, 0.5) is 0 Å². The second-order valence-corrected chi connectivity index (χ2v) is 5.50. The SMILES string of the molecule is Cc1cccc2cc(CCC(=O)NC3CC3)c(=O)[nH]c12. The van der Waals surface area contributed by atoms with Gasteiger partial charge in [-0.05, 0) is 43.2 Å². The maximum Gasteiger partial charge on any atom is 0.251 e. The smallest absolute Gasteiger partial charge is 0.251 e. The van der Waals surface area contributed by atoms with E-state index in [1.807, 2.05) is 31.2 Å². The average molecular weight is 270 g/mol. The molecular formula is C16H18N2O2. The molecule has 2 aromatic rings. The van der Waals surface area contributed by atoms with Crippen LogP contribution in [0.1, 0.15) is 30.4 Å². The third kappa shape index (κ3) is 2.74. The van der Waals surface area contributed by atoms with Crippen molar-refractivity contribution in [2.24, 2.45) is 0 Å². The summed E-state index contributed by atoms with van der Waals surface area (Å²) in [5.74, 6) is 0.0382. The third-order valence-corrected chi connectivity index (χ3v) is 3.73. The number of nitrogens with one attached hydrogen (secondary N) is 2. The van der Waals surface area contributed by atoms with E-state index in [0.29, 0.717) is 24.4 Å². The number of carbonyl (C=O) groups is 1. The number of amides is 1. The number of pyridine rings is 1. The second kappa shape index (κ2) is 5.12. The van der Waals surface area contributed by atoms with E-state index in [9.17, 15) is 9.59 Å². The quantitative estimate of drug-likeness (QED) is 0.893. The largest absolute Gasteiger partial charge is 0.353 e. The van der Waals surface area contributed by atoms with Crippen molar-refractivity contribution in [1.29, 1.82) is 0 Å². The van der Waals surface area contributed by atoms with E-state index in [0.717, 1.165) is 29.3 Å². The van der Waals surface area contributed by atoms with Crippen molar-refractivity contribution in [3.8, 4) is 0 Å². The predicted molar refractivity (Wildman–Crippen MR) is 78.8 cm³/mol. The van der Waals surface area contributed by atoms with Crippen molar-refractivity contribution >= 4 is 16.8 Å². The average Bonchev–Trinajstić information content (AvgIpc) is 3.21. The van der Waals surface area contributed by atoms with Gasteiger partial charge in [-0.1, -0.05) is 18.2 Å². The summed E-state index contributed by atoms with van der Waals surface area (Å²) in [5.41, 5.74) is 2.52. The number of benzene rings is 1. The number of para-hydroxylation sites is 1. The van der Waals surface area contributed by atoms with Crippen LogP contribution in [0.25, 0.3) is 10.9 Å². The molecule has 3 rings (SSSR count). The van der Waals surface area contributed by atoms with Crippen LogP contribution in [0.3, 0.4) is 0 Å². The van der Waals surface area contributed by atoms with Crippen molar-refractivity contribution in [3.63, 3.8) is 0 Å². The van der Waals surface area contributed by atoms with Crippen LogP contribution < -0.4 is 10.9 Å². The summed E-state index contributed by atoms with van der Waals surface area (Å²) in [6.45, 7) is 1.97. The third-order valence-electron chi connectivity index (χ3n) is 3.73. The Balaban J connectivity index is 1.78. The summed E-state index contributed by atoms with van der Waals surface area (Å²) in [6.07, 6.45) is 3.03. The molecule has 0 spiro atoms. The Kier molecular flexibility index (Phi) is 3.30. The Morgan fingerprint density at radius 1 is 1.40 bits per heavy atom. The molecule has 1 aliphatic rings. The van der Waals surface area contributed by atoms with E-state index in [1.54, 1.807) is 0 Å². The highest BCUT2D eigenvalue weighted by atomic mass is 16.1. The highest BCUT2D eigenvalue weighted by Gasteiger charge is 2.22. The number of hydrogen-bond acceptors (Lipinski definition) is 2. The van der Waals surface area contributed by atoms with Gasteiger partial charge in [-0.25, -0.2) is 0 Å². The van der Waals surface area contributed by atoms with Gasteiger partial charge in [-0.15, -0.1) is 0 Å². The van der Waals surface area contributed by atoms with Crippen LogP contribution in [-0.4, -0.2) is 16.9 Å².